The smallest absolute Gasteiger partial charge is 0.140 e. The molecule has 0 spiro atoms. The fourth-order valence-electron chi connectivity index (χ4n) is 2.52. The Bertz CT molecular complexity index is 1030. The van der Waals surface area contributed by atoms with E-state index in [4.69, 9.17) is 23.2 Å². The zero-order valence-corrected chi connectivity index (χ0v) is 13.4. The molecule has 5 heteroatoms. The lowest BCUT2D eigenvalue weighted by molar-refractivity contribution is 1.34. The van der Waals surface area contributed by atoms with E-state index in [0.717, 1.165) is 33.2 Å². The van der Waals surface area contributed by atoms with Crippen molar-refractivity contribution >= 4 is 57.0 Å². The normalized spacial score (nSPS) is 11.7. The third kappa shape index (κ3) is 2.69. The van der Waals surface area contributed by atoms with Gasteiger partial charge in [-0.05, 0) is 36.4 Å². The standard InChI is InChI=1S/C18H11Cl2N3/c19-12-5-7-13(8-6-12)21-10-11-9-15-14-3-1-2-4-16(14)22-18(15)23-17(11)20/h1-10H,(H,22,23). The van der Waals surface area contributed by atoms with E-state index in [9.17, 15) is 0 Å². The summed E-state index contributed by atoms with van der Waals surface area (Å²) in [4.78, 5) is 12.1. The van der Waals surface area contributed by atoms with Crippen LogP contribution < -0.4 is 0 Å². The second kappa shape index (κ2) is 5.69. The summed E-state index contributed by atoms with van der Waals surface area (Å²) in [5.41, 5.74) is 3.40. The number of fused-ring (bicyclic) bond motifs is 3. The third-order valence-corrected chi connectivity index (χ3v) is 4.21. The molecule has 2 heterocycles. The number of hydrogen-bond donors (Lipinski definition) is 1. The van der Waals surface area contributed by atoms with Crippen molar-refractivity contribution in [3.8, 4) is 0 Å². The average Bonchev–Trinajstić information content (AvgIpc) is 2.91. The van der Waals surface area contributed by atoms with Gasteiger partial charge < -0.3 is 4.98 Å². The molecular weight excluding hydrogens is 329 g/mol. The number of halogens is 2. The van der Waals surface area contributed by atoms with Gasteiger partial charge in [-0.15, -0.1) is 0 Å². The van der Waals surface area contributed by atoms with E-state index in [2.05, 4.69) is 21.0 Å². The van der Waals surface area contributed by atoms with E-state index in [-0.39, 0.29) is 0 Å². The van der Waals surface area contributed by atoms with Crippen molar-refractivity contribution in [2.75, 3.05) is 0 Å². The van der Waals surface area contributed by atoms with Crippen LogP contribution >= 0.6 is 23.2 Å². The molecule has 0 aliphatic rings. The van der Waals surface area contributed by atoms with E-state index in [1.807, 2.05) is 36.4 Å². The van der Waals surface area contributed by atoms with Crippen LogP contribution in [0.15, 0.2) is 59.6 Å². The molecule has 0 amide bonds. The van der Waals surface area contributed by atoms with Crippen LogP contribution in [0.2, 0.25) is 10.2 Å². The van der Waals surface area contributed by atoms with Gasteiger partial charge in [-0.3, -0.25) is 4.99 Å². The monoisotopic (exact) mass is 339 g/mol. The van der Waals surface area contributed by atoms with Crippen molar-refractivity contribution in [3.63, 3.8) is 0 Å². The van der Waals surface area contributed by atoms with Gasteiger partial charge in [0.25, 0.3) is 0 Å². The Hall–Kier alpha value is -2.36. The van der Waals surface area contributed by atoms with Gasteiger partial charge in [0.1, 0.15) is 10.8 Å². The maximum Gasteiger partial charge on any atom is 0.140 e. The van der Waals surface area contributed by atoms with Crippen molar-refractivity contribution in [2.45, 2.75) is 0 Å². The van der Waals surface area contributed by atoms with Crippen LogP contribution in [0.3, 0.4) is 0 Å². The molecule has 1 N–H and O–H groups in total. The molecule has 0 fully saturated rings. The van der Waals surface area contributed by atoms with Gasteiger partial charge in [0.05, 0.1) is 5.69 Å². The zero-order valence-electron chi connectivity index (χ0n) is 11.9. The first-order valence-corrected chi connectivity index (χ1v) is 7.83. The summed E-state index contributed by atoms with van der Waals surface area (Å²) in [6.45, 7) is 0. The predicted octanol–water partition coefficient (Wildman–Crippen LogP) is 5.77. The largest absolute Gasteiger partial charge is 0.339 e. The SMILES string of the molecule is Clc1ccc(N=Cc2cc3c(nc2Cl)[nH]c2ccccc23)cc1. The summed E-state index contributed by atoms with van der Waals surface area (Å²) >= 11 is 12.2. The van der Waals surface area contributed by atoms with Crippen molar-refractivity contribution in [2.24, 2.45) is 4.99 Å². The second-order valence-electron chi connectivity index (χ2n) is 5.17. The maximum atomic E-state index is 6.28. The summed E-state index contributed by atoms with van der Waals surface area (Å²) in [5, 5.41) is 3.25. The first-order valence-electron chi connectivity index (χ1n) is 7.07. The Labute approximate surface area is 142 Å². The first-order chi connectivity index (χ1) is 11.2. The van der Waals surface area contributed by atoms with E-state index < -0.39 is 0 Å². The molecule has 0 atom stereocenters. The second-order valence-corrected chi connectivity index (χ2v) is 5.96. The van der Waals surface area contributed by atoms with Crippen LogP contribution in [0.4, 0.5) is 5.69 Å². The molecule has 4 rings (SSSR count). The number of aromatic nitrogens is 2. The van der Waals surface area contributed by atoms with Crippen molar-refractivity contribution in [3.05, 3.63) is 70.3 Å². The van der Waals surface area contributed by atoms with E-state index in [1.54, 1.807) is 18.3 Å². The number of nitrogens with one attached hydrogen (secondary N) is 1. The molecule has 2 aromatic heterocycles. The molecule has 0 aliphatic heterocycles. The Balaban J connectivity index is 1.81. The fraction of sp³-hybridized carbons (Fsp3) is 0. The molecule has 0 bridgehead atoms. The van der Waals surface area contributed by atoms with E-state index in [0.29, 0.717) is 10.2 Å². The van der Waals surface area contributed by atoms with Gasteiger partial charge >= 0.3 is 0 Å². The molecule has 0 aliphatic carbocycles. The number of pyridine rings is 1. The zero-order chi connectivity index (χ0) is 15.8. The molecule has 0 saturated heterocycles. The minimum Gasteiger partial charge on any atom is -0.339 e. The van der Waals surface area contributed by atoms with Crippen molar-refractivity contribution < 1.29 is 0 Å². The molecule has 0 radical (unpaired) electrons. The Morgan fingerprint density at radius 2 is 1.74 bits per heavy atom. The van der Waals surface area contributed by atoms with Gasteiger partial charge in [-0.1, -0.05) is 41.4 Å². The van der Waals surface area contributed by atoms with Gasteiger partial charge in [0, 0.05) is 33.1 Å². The van der Waals surface area contributed by atoms with E-state index in [1.165, 1.54) is 0 Å². The summed E-state index contributed by atoms with van der Waals surface area (Å²) in [7, 11) is 0. The Kier molecular flexibility index (Phi) is 3.52. The minimum atomic E-state index is 0.418. The molecule has 0 saturated carbocycles. The Morgan fingerprint density at radius 3 is 2.57 bits per heavy atom. The van der Waals surface area contributed by atoms with Gasteiger partial charge in [-0.25, -0.2) is 4.98 Å². The number of aromatic amines is 1. The number of aliphatic imine (C=N–C) groups is 1. The lowest BCUT2D eigenvalue weighted by Gasteiger charge is -1.99. The maximum absolute atomic E-state index is 6.28. The lowest BCUT2D eigenvalue weighted by atomic mass is 10.1. The first kappa shape index (κ1) is 14.2. The van der Waals surface area contributed by atoms with Crippen LogP contribution in [0.1, 0.15) is 5.56 Å². The molecule has 4 aromatic rings. The van der Waals surface area contributed by atoms with Crippen molar-refractivity contribution in [1.82, 2.24) is 9.97 Å². The summed E-state index contributed by atoms with van der Waals surface area (Å²) in [6, 6.07) is 17.4. The van der Waals surface area contributed by atoms with Crippen LogP contribution in [-0.4, -0.2) is 16.2 Å². The number of H-pyrrole nitrogens is 1. The number of benzene rings is 2. The van der Waals surface area contributed by atoms with Crippen LogP contribution in [0, 0.1) is 0 Å². The van der Waals surface area contributed by atoms with Crippen molar-refractivity contribution in [1.29, 1.82) is 0 Å². The lowest BCUT2D eigenvalue weighted by Crippen LogP contribution is -1.87. The predicted molar refractivity (Wildman–Crippen MR) is 97.3 cm³/mol. The molecule has 23 heavy (non-hydrogen) atoms. The highest BCUT2D eigenvalue weighted by atomic mass is 35.5. The number of para-hydroxylation sites is 1. The highest BCUT2D eigenvalue weighted by Crippen LogP contribution is 2.27. The third-order valence-electron chi connectivity index (χ3n) is 3.65. The summed E-state index contributed by atoms with van der Waals surface area (Å²) in [5.74, 6) is 0. The highest BCUT2D eigenvalue weighted by Gasteiger charge is 2.08. The number of rotatable bonds is 2. The Morgan fingerprint density at radius 1 is 0.957 bits per heavy atom. The topological polar surface area (TPSA) is 41.0 Å². The van der Waals surface area contributed by atoms with Gasteiger partial charge in [-0.2, -0.15) is 0 Å². The number of nitrogens with zero attached hydrogens (tertiary/aromatic N) is 2. The van der Waals surface area contributed by atoms with Gasteiger partial charge in [0.2, 0.25) is 0 Å². The molecule has 0 unspecified atom stereocenters. The molecular formula is C18H11Cl2N3. The van der Waals surface area contributed by atoms with Crippen LogP contribution in [0.5, 0.6) is 0 Å². The van der Waals surface area contributed by atoms with Crippen LogP contribution in [0.25, 0.3) is 21.9 Å². The number of hydrogen-bond acceptors (Lipinski definition) is 2. The average molecular weight is 340 g/mol. The van der Waals surface area contributed by atoms with E-state index >= 15 is 0 Å². The fourth-order valence-corrected chi connectivity index (χ4v) is 2.84. The molecule has 3 nitrogen and oxygen atoms in total. The van der Waals surface area contributed by atoms with Gasteiger partial charge in [0.15, 0.2) is 0 Å². The minimum absolute atomic E-state index is 0.418. The molecule has 112 valence electrons. The quantitative estimate of drug-likeness (QED) is 0.365. The molecule has 2 aromatic carbocycles. The highest BCUT2D eigenvalue weighted by molar-refractivity contribution is 6.32. The summed E-state index contributed by atoms with van der Waals surface area (Å²) < 4.78 is 0. The van der Waals surface area contributed by atoms with Crippen LogP contribution in [-0.2, 0) is 0 Å². The summed E-state index contributed by atoms with van der Waals surface area (Å²) in [6.07, 6.45) is 1.72.